The molecule has 1 amide bonds. The maximum Gasteiger partial charge on any atom is 0.250 e. The Morgan fingerprint density at radius 3 is 2.85 bits per heavy atom. The molecule has 0 atom stereocenters. The molecule has 0 radical (unpaired) electrons. The van der Waals surface area contributed by atoms with Gasteiger partial charge in [0.2, 0.25) is 0 Å². The minimum Gasteiger partial charge on any atom is -0.494 e. The number of nitrogens with one attached hydrogen (secondary N) is 1. The maximum atomic E-state index is 11.9. The van der Waals surface area contributed by atoms with Crippen molar-refractivity contribution >= 4 is 45.4 Å². The highest BCUT2D eigenvalue weighted by atomic mass is 32.2. The summed E-state index contributed by atoms with van der Waals surface area (Å²) >= 11 is 3.01. The maximum absolute atomic E-state index is 11.9. The molecule has 1 heterocycles. The van der Waals surface area contributed by atoms with Gasteiger partial charge in [0.25, 0.3) is 5.91 Å². The molecule has 0 unspecified atom stereocenters. The van der Waals surface area contributed by atoms with Crippen molar-refractivity contribution in [3.63, 3.8) is 0 Å². The van der Waals surface area contributed by atoms with Crippen molar-refractivity contribution in [2.75, 3.05) is 12.4 Å². The highest BCUT2D eigenvalue weighted by molar-refractivity contribution is 8.01. The van der Waals surface area contributed by atoms with E-state index in [0.717, 1.165) is 45.3 Å². The van der Waals surface area contributed by atoms with Crippen LogP contribution in [0.2, 0.25) is 0 Å². The van der Waals surface area contributed by atoms with E-state index in [0.29, 0.717) is 0 Å². The van der Waals surface area contributed by atoms with Gasteiger partial charge in [-0.15, -0.1) is 11.3 Å². The van der Waals surface area contributed by atoms with E-state index in [2.05, 4.69) is 22.4 Å². The number of fused-ring (bicyclic) bond motifs is 1. The summed E-state index contributed by atoms with van der Waals surface area (Å²) in [5.74, 6) is 0.966. The summed E-state index contributed by atoms with van der Waals surface area (Å²) in [6.45, 7) is 2.86. The molecule has 1 N–H and O–H groups in total. The third-order valence-electron chi connectivity index (χ3n) is 3.65. The van der Waals surface area contributed by atoms with E-state index >= 15 is 0 Å². The molecule has 2 aromatic carbocycles. The Labute approximate surface area is 166 Å². The van der Waals surface area contributed by atoms with Gasteiger partial charge in [0, 0.05) is 0 Å². The summed E-state index contributed by atoms with van der Waals surface area (Å²) in [7, 11) is 0. The average Bonchev–Trinajstić information content (AvgIpc) is 3.11. The van der Waals surface area contributed by atoms with Crippen LogP contribution in [0.5, 0.6) is 5.75 Å². The number of thiazole rings is 1. The number of carbonyl (C=O) groups excluding carboxylic acids is 1. The molecule has 140 valence electrons. The minimum absolute atomic E-state index is 0.157. The number of amides is 1. The van der Waals surface area contributed by atoms with Crippen LogP contribution < -0.4 is 10.2 Å². The number of unbranched alkanes of at least 4 members (excludes halogenated alkanes) is 1. The molecule has 3 rings (SSSR count). The molecule has 0 bridgehead atoms. The van der Waals surface area contributed by atoms with Gasteiger partial charge in [-0.1, -0.05) is 37.2 Å². The van der Waals surface area contributed by atoms with Crippen LogP contribution >= 0.6 is 23.1 Å². The van der Waals surface area contributed by atoms with Crippen LogP contribution in [0.4, 0.5) is 0 Å². The lowest BCUT2D eigenvalue weighted by Gasteiger charge is -2.04. The highest BCUT2D eigenvalue weighted by Gasteiger charge is 2.06. The Morgan fingerprint density at radius 2 is 2.07 bits per heavy atom. The second-order valence-electron chi connectivity index (χ2n) is 5.80. The standard InChI is InChI=1S/C20H21N3O2S2/c1-2-3-12-25-16-10-8-15(9-11-16)13-21-23-19(24)14-26-20-22-17-6-4-5-7-18(17)27-20/h4-11,13H,2-3,12,14H2,1H3,(H,23,24)/b21-13+. The van der Waals surface area contributed by atoms with E-state index in [1.807, 2.05) is 48.5 Å². The molecule has 5 nitrogen and oxygen atoms in total. The molecule has 0 fully saturated rings. The molecule has 3 aromatic rings. The monoisotopic (exact) mass is 399 g/mol. The summed E-state index contributed by atoms with van der Waals surface area (Å²) < 4.78 is 7.63. The van der Waals surface area contributed by atoms with Crippen LogP contribution in [0, 0.1) is 0 Å². The fraction of sp³-hybridized carbons (Fsp3) is 0.250. The smallest absolute Gasteiger partial charge is 0.250 e. The van der Waals surface area contributed by atoms with E-state index < -0.39 is 0 Å². The lowest BCUT2D eigenvalue weighted by Crippen LogP contribution is -2.19. The number of para-hydroxylation sites is 1. The summed E-state index contributed by atoms with van der Waals surface area (Å²) in [6, 6.07) is 15.6. The number of hydrazone groups is 1. The molecular formula is C20H21N3O2S2. The number of thioether (sulfide) groups is 1. The van der Waals surface area contributed by atoms with Gasteiger partial charge in [-0.25, -0.2) is 10.4 Å². The third kappa shape index (κ3) is 6.08. The molecule has 0 saturated heterocycles. The Morgan fingerprint density at radius 1 is 1.26 bits per heavy atom. The number of aromatic nitrogens is 1. The van der Waals surface area contributed by atoms with Gasteiger partial charge in [0.15, 0.2) is 4.34 Å². The number of nitrogens with zero attached hydrogens (tertiary/aromatic N) is 2. The molecule has 0 aliphatic carbocycles. The zero-order chi connectivity index (χ0) is 18.9. The van der Waals surface area contributed by atoms with Crippen LogP contribution in [0.1, 0.15) is 25.3 Å². The number of benzene rings is 2. The van der Waals surface area contributed by atoms with Crippen LogP contribution in [0.15, 0.2) is 58.0 Å². The van der Waals surface area contributed by atoms with E-state index in [9.17, 15) is 4.79 Å². The number of carbonyl (C=O) groups is 1. The second kappa shape index (κ2) is 10.1. The first-order valence-electron chi connectivity index (χ1n) is 8.78. The fourth-order valence-corrected chi connectivity index (χ4v) is 4.10. The predicted molar refractivity (Wildman–Crippen MR) is 113 cm³/mol. The normalized spacial score (nSPS) is 11.1. The molecule has 0 aliphatic rings. The van der Waals surface area contributed by atoms with Gasteiger partial charge in [-0.3, -0.25) is 4.79 Å². The fourth-order valence-electron chi connectivity index (χ4n) is 2.24. The molecule has 0 spiro atoms. The van der Waals surface area contributed by atoms with Gasteiger partial charge in [-0.05, 0) is 48.4 Å². The van der Waals surface area contributed by atoms with Crippen LogP contribution in [0.3, 0.4) is 0 Å². The van der Waals surface area contributed by atoms with Crippen molar-refractivity contribution in [3.05, 3.63) is 54.1 Å². The van der Waals surface area contributed by atoms with Crippen LogP contribution in [-0.2, 0) is 4.79 Å². The van der Waals surface area contributed by atoms with Gasteiger partial charge in [0.05, 0.1) is 28.8 Å². The van der Waals surface area contributed by atoms with E-state index in [4.69, 9.17) is 4.74 Å². The first-order chi connectivity index (χ1) is 13.2. The van der Waals surface area contributed by atoms with E-state index in [-0.39, 0.29) is 11.7 Å². The summed E-state index contributed by atoms with van der Waals surface area (Å²) in [5.41, 5.74) is 4.41. The van der Waals surface area contributed by atoms with Crippen LogP contribution in [-0.4, -0.2) is 29.5 Å². The lowest BCUT2D eigenvalue weighted by molar-refractivity contribution is -0.118. The van der Waals surface area contributed by atoms with Crippen molar-refractivity contribution in [3.8, 4) is 5.75 Å². The average molecular weight is 400 g/mol. The zero-order valence-corrected chi connectivity index (χ0v) is 16.7. The molecular weight excluding hydrogens is 378 g/mol. The largest absolute Gasteiger partial charge is 0.494 e. The van der Waals surface area contributed by atoms with Crippen LogP contribution in [0.25, 0.3) is 10.2 Å². The van der Waals surface area contributed by atoms with E-state index in [1.165, 1.54) is 11.8 Å². The molecule has 7 heteroatoms. The second-order valence-corrected chi connectivity index (χ2v) is 8.05. The van der Waals surface area contributed by atoms with Crippen molar-refractivity contribution in [1.29, 1.82) is 0 Å². The number of ether oxygens (including phenoxy) is 1. The third-order valence-corrected chi connectivity index (χ3v) is 5.83. The summed E-state index contributed by atoms with van der Waals surface area (Å²) in [5, 5.41) is 4.01. The first kappa shape index (κ1) is 19.4. The topological polar surface area (TPSA) is 63.6 Å². The quantitative estimate of drug-likeness (QED) is 0.245. The van der Waals surface area contributed by atoms with E-state index in [1.54, 1.807) is 17.6 Å². The Balaban J connectivity index is 1.42. The lowest BCUT2D eigenvalue weighted by atomic mass is 10.2. The number of hydrogen-bond donors (Lipinski definition) is 1. The highest BCUT2D eigenvalue weighted by Crippen LogP contribution is 2.28. The molecule has 0 aliphatic heterocycles. The Hall–Kier alpha value is -2.38. The van der Waals surface area contributed by atoms with Crippen molar-refractivity contribution in [2.45, 2.75) is 24.1 Å². The molecule has 1 aromatic heterocycles. The van der Waals surface area contributed by atoms with Crippen molar-refractivity contribution in [2.24, 2.45) is 5.10 Å². The van der Waals surface area contributed by atoms with Gasteiger partial charge in [0.1, 0.15) is 5.75 Å². The van der Waals surface area contributed by atoms with Gasteiger partial charge < -0.3 is 4.74 Å². The first-order valence-corrected chi connectivity index (χ1v) is 10.6. The predicted octanol–water partition coefficient (Wildman–Crippen LogP) is 4.72. The minimum atomic E-state index is -0.157. The number of rotatable bonds is 9. The summed E-state index contributed by atoms with van der Waals surface area (Å²) in [4.78, 5) is 16.4. The summed E-state index contributed by atoms with van der Waals surface area (Å²) in [6.07, 6.45) is 3.78. The molecule has 0 saturated carbocycles. The number of hydrogen-bond acceptors (Lipinski definition) is 6. The Kier molecular flexibility index (Phi) is 7.24. The van der Waals surface area contributed by atoms with Gasteiger partial charge >= 0.3 is 0 Å². The van der Waals surface area contributed by atoms with Crippen molar-refractivity contribution < 1.29 is 9.53 Å². The SMILES string of the molecule is CCCCOc1ccc(/C=N/NC(=O)CSc2nc3ccccc3s2)cc1. The van der Waals surface area contributed by atoms with Crippen molar-refractivity contribution in [1.82, 2.24) is 10.4 Å². The van der Waals surface area contributed by atoms with Gasteiger partial charge in [-0.2, -0.15) is 5.10 Å². The zero-order valence-electron chi connectivity index (χ0n) is 15.1. The molecule has 27 heavy (non-hydrogen) atoms. The Bertz CT molecular complexity index is 874.